The maximum absolute atomic E-state index is 12.7. The third-order valence-corrected chi connectivity index (χ3v) is 6.99. The first-order valence-electron chi connectivity index (χ1n) is 9.93. The fourth-order valence-electron chi connectivity index (χ4n) is 3.14. The second-order valence-electron chi connectivity index (χ2n) is 7.28. The lowest BCUT2D eigenvalue weighted by molar-refractivity contribution is -0.127. The molecule has 1 aliphatic rings. The quantitative estimate of drug-likeness (QED) is 0.284. The van der Waals surface area contributed by atoms with Gasteiger partial charge < -0.3 is 9.73 Å². The zero-order valence-electron chi connectivity index (χ0n) is 17.6. The number of furan rings is 1. The number of ketones is 1. The highest BCUT2D eigenvalue weighted by molar-refractivity contribution is 9.10. The van der Waals surface area contributed by atoms with E-state index in [1.165, 1.54) is 13.0 Å². The van der Waals surface area contributed by atoms with Crippen molar-refractivity contribution in [2.24, 2.45) is 0 Å². The highest BCUT2D eigenvalue weighted by atomic mass is 79.9. The predicted molar refractivity (Wildman–Crippen MR) is 135 cm³/mol. The van der Waals surface area contributed by atoms with Gasteiger partial charge in [0.25, 0.3) is 11.1 Å². The van der Waals surface area contributed by atoms with Crippen LogP contribution in [0.1, 0.15) is 23.0 Å². The number of amides is 3. The lowest BCUT2D eigenvalue weighted by Crippen LogP contribution is -2.36. The van der Waals surface area contributed by atoms with Gasteiger partial charge in [0.2, 0.25) is 5.91 Å². The molecule has 0 radical (unpaired) electrons. The normalized spacial score (nSPS) is 14.7. The molecule has 3 amide bonds. The molecule has 4 rings (SSSR count). The van der Waals surface area contributed by atoms with Crippen LogP contribution in [0.3, 0.4) is 0 Å². The number of halogens is 2. The van der Waals surface area contributed by atoms with Crippen molar-refractivity contribution in [2.75, 3.05) is 11.9 Å². The van der Waals surface area contributed by atoms with Gasteiger partial charge >= 0.3 is 0 Å². The summed E-state index contributed by atoms with van der Waals surface area (Å²) < 4.78 is 6.46. The average Bonchev–Trinajstić information content (AvgIpc) is 3.37. The van der Waals surface area contributed by atoms with Crippen LogP contribution in [0.4, 0.5) is 10.5 Å². The zero-order valence-corrected chi connectivity index (χ0v) is 20.8. The van der Waals surface area contributed by atoms with Gasteiger partial charge in [0, 0.05) is 27.4 Å². The van der Waals surface area contributed by atoms with Crippen molar-refractivity contribution in [1.29, 1.82) is 0 Å². The van der Waals surface area contributed by atoms with Crippen molar-refractivity contribution in [3.05, 3.63) is 80.3 Å². The summed E-state index contributed by atoms with van der Waals surface area (Å²) in [6, 6.07) is 15.2. The van der Waals surface area contributed by atoms with E-state index in [1.54, 1.807) is 54.6 Å². The lowest BCUT2D eigenvalue weighted by Gasteiger charge is -2.12. The molecule has 1 saturated heterocycles. The van der Waals surface area contributed by atoms with E-state index < -0.39 is 23.6 Å². The molecule has 2 aromatic carbocycles. The van der Waals surface area contributed by atoms with Gasteiger partial charge in [-0.3, -0.25) is 24.1 Å². The minimum Gasteiger partial charge on any atom is -0.457 e. The molecule has 0 bridgehead atoms. The molecule has 172 valence electrons. The van der Waals surface area contributed by atoms with E-state index in [2.05, 4.69) is 21.2 Å². The second-order valence-corrected chi connectivity index (χ2v) is 9.54. The SMILES string of the molecule is CC(=O)c1ccc(-c2ccc(/C=C3/SC(=O)N(CC(=O)Nc4ccc(Br)c(Cl)c4)C3=O)o2)cc1. The van der Waals surface area contributed by atoms with E-state index >= 15 is 0 Å². The first-order chi connectivity index (χ1) is 16.2. The van der Waals surface area contributed by atoms with E-state index in [0.29, 0.717) is 32.3 Å². The molecular formula is C24H16BrClN2O5S. The van der Waals surface area contributed by atoms with Crippen LogP contribution in [-0.4, -0.2) is 34.3 Å². The number of Topliss-reactive ketones (excluding diaryl/α,β-unsaturated/α-hetero) is 1. The van der Waals surface area contributed by atoms with Crippen LogP contribution in [0.25, 0.3) is 17.4 Å². The van der Waals surface area contributed by atoms with Crippen molar-refractivity contribution >= 4 is 73.9 Å². The smallest absolute Gasteiger partial charge is 0.294 e. The number of thioether (sulfide) groups is 1. The van der Waals surface area contributed by atoms with Gasteiger partial charge in [-0.05, 0) is 64.9 Å². The minimum absolute atomic E-state index is 0.0308. The van der Waals surface area contributed by atoms with E-state index in [0.717, 1.165) is 22.2 Å². The second kappa shape index (κ2) is 10.0. The Morgan fingerprint density at radius 2 is 1.85 bits per heavy atom. The number of nitrogens with one attached hydrogen (secondary N) is 1. The third kappa shape index (κ3) is 5.32. The van der Waals surface area contributed by atoms with Gasteiger partial charge in [0.15, 0.2) is 5.78 Å². The number of rotatable bonds is 6. The first-order valence-corrected chi connectivity index (χ1v) is 11.9. The largest absolute Gasteiger partial charge is 0.457 e. The Bertz CT molecular complexity index is 1350. The van der Waals surface area contributed by atoms with Crippen LogP contribution in [0.5, 0.6) is 0 Å². The number of carbonyl (C=O) groups is 4. The molecule has 1 aliphatic heterocycles. The molecule has 1 N–H and O–H groups in total. The summed E-state index contributed by atoms with van der Waals surface area (Å²) in [5.74, 6) is -0.214. The van der Waals surface area contributed by atoms with Gasteiger partial charge in [-0.1, -0.05) is 35.9 Å². The van der Waals surface area contributed by atoms with E-state index in [1.807, 2.05) is 0 Å². The number of anilines is 1. The number of hydrogen-bond donors (Lipinski definition) is 1. The molecule has 1 fully saturated rings. The third-order valence-electron chi connectivity index (χ3n) is 4.85. The van der Waals surface area contributed by atoms with Crippen molar-refractivity contribution in [3.8, 4) is 11.3 Å². The molecular weight excluding hydrogens is 544 g/mol. The Morgan fingerprint density at radius 1 is 1.12 bits per heavy atom. The highest BCUT2D eigenvalue weighted by Crippen LogP contribution is 2.33. The summed E-state index contributed by atoms with van der Waals surface area (Å²) in [6.07, 6.45) is 1.46. The van der Waals surface area contributed by atoms with Crippen LogP contribution < -0.4 is 5.32 Å². The Balaban J connectivity index is 1.44. The molecule has 34 heavy (non-hydrogen) atoms. The van der Waals surface area contributed by atoms with Crippen LogP contribution in [0.2, 0.25) is 5.02 Å². The van der Waals surface area contributed by atoms with Gasteiger partial charge in [0.05, 0.1) is 9.93 Å². The maximum atomic E-state index is 12.7. The van der Waals surface area contributed by atoms with Gasteiger partial charge in [-0.25, -0.2) is 0 Å². The Hall–Kier alpha value is -3.14. The fourth-order valence-corrected chi connectivity index (χ4v) is 4.38. The number of nitrogens with zero attached hydrogens (tertiary/aromatic N) is 1. The number of hydrogen-bond acceptors (Lipinski definition) is 6. The molecule has 7 nitrogen and oxygen atoms in total. The number of imide groups is 1. The maximum Gasteiger partial charge on any atom is 0.294 e. The van der Waals surface area contributed by atoms with Crippen molar-refractivity contribution in [3.63, 3.8) is 0 Å². The molecule has 0 spiro atoms. The predicted octanol–water partition coefficient (Wildman–Crippen LogP) is 6.24. The van der Waals surface area contributed by atoms with Gasteiger partial charge in [0.1, 0.15) is 18.1 Å². The van der Waals surface area contributed by atoms with E-state index in [4.69, 9.17) is 16.0 Å². The Kier molecular flexibility index (Phi) is 7.06. The number of benzene rings is 2. The van der Waals surface area contributed by atoms with Crippen LogP contribution in [0.15, 0.2) is 68.4 Å². The molecule has 0 unspecified atom stereocenters. The van der Waals surface area contributed by atoms with E-state index in [-0.39, 0.29) is 10.7 Å². The fraction of sp³-hybridized carbons (Fsp3) is 0.0833. The van der Waals surface area contributed by atoms with Crippen LogP contribution >= 0.6 is 39.3 Å². The highest BCUT2D eigenvalue weighted by Gasteiger charge is 2.36. The molecule has 1 aromatic heterocycles. The monoisotopic (exact) mass is 558 g/mol. The van der Waals surface area contributed by atoms with Crippen molar-refractivity contribution < 1.29 is 23.6 Å². The standard InChI is InChI=1S/C24H16BrClN2O5S/c1-13(29)14-2-4-15(5-3-14)20-9-7-17(33-20)11-21-23(31)28(24(32)34-21)12-22(30)27-16-6-8-18(25)19(26)10-16/h2-11H,12H2,1H3,(H,27,30)/b21-11+. The number of carbonyl (C=O) groups excluding carboxylic acids is 4. The van der Waals surface area contributed by atoms with Crippen molar-refractivity contribution in [1.82, 2.24) is 4.90 Å². The summed E-state index contributed by atoms with van der Waals surface area (Å²) in [4.78, 5) is 49.9. The van der Waals surface area contributed by atoms with Gasteiger partial charge in [-0.15, -0.1) is 0 Å². The Morgan fingerprint density at radius 3 is 2.53 bits per heavy atom. The molecule has 2 heterocycles. The average molecular weight is 560 g/mol. The summed E-state index contributed by atoms with van der Waals surface area (Å²) in [5.41, 5.74) is 1.80. The van der Waals surface area contributed by atoms with Crippen LogP contribution in [0, 0.1) is 0 Å². The molecule has 10 heteroatoms. The summed E-state index contributed by atoms with van der Waals surface area (Å²) in [5, 5.41) is 2.48. The van der Waals surface area contributed by atoms with Gasteiger partial charge in [-0.2, -0.15) is 0 Å². The molecule has 0 atom stereocenters. The first kappa shape index (κ1) is 24.0. The summed E-state index contributed by atoms with van der Waals surface area (Å²) >= 11 is 10.0. The lowest BCUT2D eigenvalue weighted by atomic mass is 10.1. The molecule has 0 aliphatic carbocycles. The minimum atomic E-state index is -0.581. The Labute approximate surface area is 212 Å². The molecule has 0 saturated carbocycles. The van der Waals surface area contributed by atoms with Crippen LogP contribution in [-0.2, 0) is 9.59 Å². The summed E-state index contributed by atoms with van der Waals surface area (Å²) in [6.45, 7) is 1.06. The summed E-state index contributed by atoms with van der Waals surface area (Å²) in [7, 11) is 0. The van der Waals surface area contributed by atoms with E-state index in [9.17, 15) is 19.2 Å². The zero-order chi connectivity index (χ0) is 24.4. The van der Waals surface area contributed by atoms with Crippen molar-refractivity contribution in [2.45, 2.75) is 6.92 Å². The molecule has 3 aromatic rings. The topological polar surface area (TPSA) is 96.7 Å².